The largest absolute Gasteiger partial charge is 0.395 e. The first-order valence-corrected chi connectivity index (χ1v) is 9.90. The number of H-pyrrole nitrogens is 1. The number of aryl methyl sites for hydroxylation is 1. The van der Waals surface area contributed by atoms with Crippen LogP contribution in [-0.4, -0.2) is 34.7 Å². The Bertz CT molecular complexity index is 1320. The fourth-order valence-corrected chi connectivity index (χ4v) is 4.44. The Hall–Kier alpha value is -2.97. The maximum atomic E-state index is 13.2. The quantitative estimate of drug-likeness (QED) is 0.502. The number of aliphatic hydroxyl groups excluding tert-OH is 1. The summed E-state index contributed by atoms with van der Waals surface area (Å²) < 4.78 is 27.8. The number of nitrogens with one attached hydrogen (secondary N) is 2. The highest BCUT2D eigenvalue weighted by Crippen LogP contribution is 2.25. The van der Waals surface area contributed by atoms with Gasteiger partial charge in [0.05, 0.1) is 11.5 Å². The second-order valence-electron chi connectivity index (χ2n) is 6.33. The summed E-state index contributed by atoms with van der Waals surface area (Å²) in [7, 11) is -3.98. The average Bonchev–Trinajstić information content (AvgIpc) is 3.02. The SMILES string of the molecule is Cc1ccc(S(=O)(=O)c2nc3c4ccccc4[nH]c3n(CCO)c2=N)cc1. The van der Waals surface area contributed by atoms with Crippen molar-refractivity contribution in [2.75, 3.05) is 6.61 Å². The highest BCUT2D eigenvalue weighted by atomic mass is 32.2. The molecule has 27 heavy (non-hydrogen) atoms. The average molecular weight is 382 g/mol. The topological polar surface area (TPSA) is 112 Å². The van der Waals surface area contributed by atoms with Gasteiger partial charge in [-0.15, -0.1) is 0 Å². The summed E-state index contributed by atoms with van der Waals surface area (Å²) in [6.07, 6.45) is 0. The van der Waals surface area contributed by atoms with E-state index in [0.29, 0.717) is 11.2 Å². The summed E-state index contributed by atoms with van der Waals surface area (Å²) in [5.74, 6) is 0. The second kappa shape index (κ2) is 6.33. The molecule has 0 aliphatic rings. The van der Waals surface area contributed by atoms with Gasteiger partial charge in [-0.05, 0) is 25.1 Å². The van der Waals surface area contributed by atoms with Crippen LogP contribution in [0.4, 0.5) is 0 Å². The molecule has 0 spiro atoms. The molecule has 2 aromatic carbocycles. The number of sulfone groups is 1. The number of benzene rings is 2. The van der Waals surface area contributed by atoms with Crippen molar-refractivity contribution in [3.8, 4) is 0 Å². The molecule has 0 radical (unpaired) electrons. The lowest BCUT2D eigenvalue weighted by molar-refractivity contribution is 0.274. The van der Waals surface area contributed by atoms with Gasteiger partial charge in [-0.3, -0.25) is 5.41 Å². The molecule has 0 unspecified atom stereocenters. The Morgan fingerprint density at radius 1 is 1.15 bits per heavy atom. The standard InChI is InChI=1S/C19H18N4O3S/c1-12-6-8-13(9-7-12)27(25,26)19-17(20)23(10-11-24)18-16(22-19)14-4-2-3-5-15(14)21-18/h2-9,20-21,24H,10-11H2,1H3. The minimum absolute atomic E-state index is 0.0844. The van der Waals surface area contributed by atoms with E-state index in [4.69, 9.17) is 5.41 Å². The third-order valence-electron chi connectivity index (χ3n) is 4.52. The first-order valence-electron chi connectivity index (χ1n) is 8.42. The molecular weight excluding hydrogens is 364 g/mol. The van der Waals surface area contributed by atoms with Crippen LogP contribution in [0.5, 0.6) is 0 Å². The van der Waals surface area contributed by atoms with Crippen LogP contribution in [0.2, 0.25) is 0 Å². The number of fused-ring (bicyclic) bond motifs is 3. The Morgan fingerprint density at radius 2 is 1.85 bits per heavy atom. The lowest BCUT2D eigenvalue weighted by atomic mass is 10.2. The van der Waals surface area contributed by atoms with Crippen molar-refractivity contribution in [1.82, 2.24) is 14.5 Å². The summed E-state index contributed by atoms with van der Waals surface area (Å²) in [5, 5.41) is 18.3. The number of hydrogen-bond acceptors (Lipinski definition) is 5. The fourth-order valence-electron chi connectivity index (χ4n) is 3.14. The maximum absolute atomic E-state index is 13.2. The van der Waals surface area contributed by atoms with Crippen molar-refractivity contribution in [3.05, 3.63) is 59.6 Å². The number of hydrogen-bond donors (Lipinski definition) is 3. The molecule has 8 heteroatoms. The normalized spacial score (nSPS) is 12.1. The lowest BCUT2D eigenvalue weighted by Gasteiger charge is -2.11. The fraction of sp³-hybridized carbons (Fsp3) is 0.158. The van der Waals surface area contributed by atoms with Gasteiger partial charge in [-0.25, -0.2) is 13.4 Å². The molecule has 7 nitrogen and oxygen atoms in total. The van der Waals surface area contributed by atoms with Gasteiger partial charge in [0.25, 0.3) is 0 Å². The van der Waals surface area contributed by atoms with Crippen molar-refractivity contribution < 1.29 is 13.5 Å². The Morgan fingerprint density at radius 3 is 2.56 bits per heavy atom. The van der Waals surface area contributed by atoms with E-state index in [0.717, 1.165) is 16.5 Å². The van der Waals surface area contributed by atoms with Crippen LogP contribution >= 0.6 is 0 Å². The van der Waals surface area contributed by atoms with E-state index < -0.39 is 9.84 Å². The molecule has 4 aromatic rings. The van der Waals surface area contributed by atoms with Gasteiger partial charge in [-0.2, -0.15) is 0 Å². The molecule has 0 aliphatic heterocycles. The van der Waals surface area contributed by atoms with E-state index in [-0.39, 0.29) is 28.6 Å². The third kappa shape index (κ3) is 2.73. The molecule has 4 rings (SSSR count). The summed E-state index contributed by atoms with van der Waals surface area (Å²) in [5.41, 5.74) is 2.44. The van der Waals surface area contributed by atoms with E-state index in [1.165, 1.54) is 16.7 Å². The summed E-state index contributed by atoms with van der Waals surface area (Å²) >= 11 is 0. The van der Waals surface area contributed by atoms with Crippen LogP contribution < -0.4 is 5.49 Å². The predicted molar refractivity (Wildman–Crippen MR) is 101 cm³/mol. The summed E-state index contributed by atoms with van der Waals surface area (Å²) in [6.45, 7) is 1.73. The monoisotopic (exact) mass is 382 g/mol. The van der Waals surface area contributed by atoms with Gasteiger partial charge in [0.1, 0.15) is 11.2 Å². The lowest BCUT2D eigenvalue weighted by Crippen LogP contribution is -2.29. The van der Waals surface area contributed by atoms with Gasteiger partial charge in [0, 0.05) is 17.4 Å². The number of aliphatic hydroxyl groups is 1. The van der Waals surface area contributed by atoms with Crippen LogP contribution in [0, 0.1) is 12.3 Å². The van der Waals surface area contributed by atoms with Crippen LogP contribution in [0.25, 0.3) is 22.1 Å². The predicted octanol–water partition coefficient (Wildman–Crippen LogP) is 2.13. The second-order valence-corrected chi connectivity index (χ2v) is 8.19. The third-order valence-corrected chi connectivity index (χ3v) is 6.21. The van der Waals surface area contributed by atoms with Crippen LogP contribution in [-0.2, 0) is 16.4 Å². The van der Waals surface area contributed by atoms with E-state index in [9.17, 15) is 13.5 Å². The smallest absolute Gasteiger partial charge is 0.227 e. The molecule has 0 atom stereocenters. The minimum atomic E-state index is -3.98. The Balaban J connectivity index is 2.09. The molecule has 0 fully saturated rings. The van der Waals surface area contributed by atoms with Gasteiger partial charge in [-0.1, -0.05) is 35.9 Å². The van der Waals surface area contributed by atoms with E-state index in [2.05, 4.69) is 9.97 Å². The summed E-state index contributed by atoms with van der Waals surface area (Å²) in [6, 6.07) is 13.9. The number of aromatic amines is 1. The molecule has 3 N–H and O–H groups in total. The molecule has 0 bridgehead atoms. The molecule has 0 amide bonds. The zero-order valence-corrected chi connectivity index (χ0v) is 15.4. The van der Waals surface area contributed by atoms with Gasteiger partial charge in [0.15, 0.2) is 5.49 Å². The minimum Gasteiger partial charge on any atom is -0.395 e. The van der Waals surface area contributed by atoms with Crippen molar-refractivity contribution in [2.45, 2.75) is 23.4 Å². The molecule has 0 saturated heterocycles. The van der Waals surface area contributed by atoms with Gasteiger partial charge < -0.3 is 14.7 Å². The highest BCUT2D eigenvalue weighted by Gasteiger charge is 2.25. The molecular formula is C19H18N4O3S. The van der Waals surface area contributed by atoms with Crippen molar-refractivity contribution in [2.24, 2.45) is 0 Å². The first kappa shape index (κ1) is 17.4. The molecule has 2 aromatic heterocycles. The summed E-state index contributed by atoms with van der Waals surface area (Å²) in [4.78, 5) is 7.63. The molecule has 2 heterocycles. The van der Waals surface area contributed by atoms with Crippen molar-refractivity contribution >= 4 is 31.9 Å². The van der Waals surface area contributed by atoms with Gasteiger partial charge in [0.2, 0.25) is 14.9 Å². The van der Waals surface area contributed by atoms with Gasteiger partial charge >= 0.3 is 0 Å². The van der Waals surface area contributed by atoms with Crippen molar-refractivity contribution in [1.29, 1.82) is 5.41 Å². The molecule has 0 saturated carbocycles. The van der Waals surface area contributed by atoms with E-state index >= 15 is 0 Å². The van der Waals surface area contributed by atoms with Crippen LogP contribution in [0.3, 0.4) is 0 Å². The Labute approximate surface area is 155 Å². The number of para-hydroxylation sites is 1. The van der Waals surface area contributed by atoms with Crippen LogP contribution in [0.1, 0.15) is 5.56 Å². The van der Waals surface area contributed by atoms with Crippen LogP contribution in [0.15, 0.2) is 58.5 Å². The number of nitrogens with zero attached hydrogens (tertiary/aromatic N) is 2. The number of rotatable bonds is 4. The van der Waals surface area contributed by atoms with E-state index in [1.54, 1.807) is 12.1 Å². The molecule has 138 valence electrons. The molecule has 0 aliphatic carbocycles. The zero-order valence-electron chi connectivity index (χ0n) is 14.6. The highest BCUT2D eigenvalue weighted by molar-refractivity contribution is 7.91. The maximum Gasteiger partial charge on any atom is 0.227 e. The Kier molecular flexibility index (Phi) is 4.09. The van der Waals surface area contributed by atoms with E-state index in [1.807, 2.05) is 31.2 Å². The number of aromatic nitrogens is 3. The van der Waals surface area contributed by atoms with Crippen molar-refractivity contribution in [3.63, 3.8) is 0 Å². The first-order chi connectivity index (χ1) is 12.9. The zero-order chi connectivity index (χ0) is 19.2.